The predicted octanol–water partition coefficient (Wildman–Crippen LogP) is 4.63. The van der Waals surface area contributed by atoms with Crippen molar-refractivity contribution < 1.29 is 4.74 Å². The molecule has 0 heterocycles. The molecule has 0 N–H and O–H groups in total. The van der Waals surface area contributed by atoms with Crippen molar-refractivity contribution in [3.05, 3.63) is 0 Å². The molecular weight excluding hydrogens is 320 g/mol. The first-order valence-electron chi connectivity index (χ1n) is 5.82. The second kappa shape index (κ2) is 9.00. The normalized spacial score (nSPS) is 12.4. The Morgan fingerprint density at radius 1 is 1.13 bits per heavy atom. The Hall–Kier alpha value is 0.920. The average molecular weight is 344 g/mol. The Bertz CT molecular complexity index is 145. The first-order chi connectivity index (χ1) is 7.13. The fourth-order valence-corrected chi connectivity index (χ4v) is 4.17. The Morgan fingerprint density at radius 3 is 2.13 bits per heavy atom. The van der Waals surface area contributed by atoms with E-state index in [9.17, 15) is 0 Å². The van der Waals surface area contributed by atoms with E-state index in [0.29, 0.717) is 11.3 Å². The Kier molecular flexibility index (Phi) is 9.55. The van der Waals surface area contributed by atoms with Crippen LogP contribution in [0, 0.1) is 11.3 Å². The Balaban J connectivity index is 3.86. The number of hydrogen-bond donors (Lipinski definition) is 0. The van der Waals surface area contributed by atoms with E-state index in [1.807, 2.05) is 0 Å². The molecule has 0 aromatic heterocycles. The van der Waals surface area contributed by atoms with E-state index >= 15 is 0 Å². The zero-order chi connectivity index (χ0) is 11.7. The highest BCUT2D eigenvalue weighted by molar-refractivity contribution is 9.09. The highest BCUT2D eigenvalue weighted by Gasteiger charge is 2.31. The van der Waals surface area contributed by atoms with E-state index in [1.165, 1.54) is 12.8 Å². The Morgan fingerprint density at radius 2 is 1.73 bits per heavy atom. The van der Waals surface area contributed by atoms with Gasteiger partial charge in [0.2, 0.25) is 0 Å². The van der Waals surface area contributed by atoms with Gasteiger partial charge in [-0.15, -0.1) is 0 Å². The van der Waals surface area contributed by atoms with Crippen LogP contribution >= 0.6 is 31.9 Å². The molecule has 0 aliphatic heterocycles. The third kappa shape index (κ3) is 5.69. The zero-order valence-electron chi connectivity index (χ0n) is 10.2. The highest BCUT2D eigenvalue weighted by atomic mass is 79.9. The molecule has 3 heteroatoms. The lowest BCUT2D eigenvalue weighted by atomic mass is 9.78. The molecule has 0 rings (SSSR count). The minimum atomic E-state index is 0.339. The molecule has 0 aromatic carbocycles. The largest absolute Gasteiger partial charge is 0.381 e. The van der Waals surface area contributed by atoms with E-state index < -0.39 is 0 Å². The molecule has 0 aliphatic rings. The van der Waals surface area contributed by atoms with E-state index in [4.69, 9.17) is 4.74 Å². The van der Waals surface area contributed by atoms with Crippen LogP contribution in [0.2, 0.25) is 0 Å². The minimum Gasteiger partial charge on any atom is -0.381 e. The van der Waals surface area contributed by atoms with Gasteiger partial charge in [-0.05, 0) is 24.2 Å². The quantitative estimate of drug-likeness (QED) is 0.438. The molecule has 0 unspecified atom stereocenters. The second-order valence-corrected chi connectivity index (χ2v) is 5.62. The van der Waals surface area contributed by atoms with Crippen LogP contribution in [0.15, 0.2) is 0 Å². The summed E-state index contributed by atoms with van der Waals surface area (Å²) in [4.78, 5) is 0. The molecule has 92 valence electrons. The fraction of sp³-hybridized carbons (Fsp3) is 1.00. The maximum atomic E-state index is 5.64. The molecule has 0 aromatic rings. The third-order valence-corrected chi connectivity index (χ3v) is 5.38. The zero-order valence-corrected chi connectivity index (χ0v) is 13.4. The summed E-state index contributed by atoms with van der Waals surface area (Å²) in [5.41, 5.74) is 0.339. The standard InChI is InChI=1S/C12H24Br2O/c1-4-5-7-15-8-6-12(9-13,10-14)11(2)3/h11H,4-10H2,1-3H3. The molecule has 15 heavy (non-hydrogen) atoms. The lowest BCUT2D eigenvalue weighted by Crippen LogP contribution is -2.32. The van der Waals surface area contributed by atoms with Crippen molar-refractivity contribution in [2.24, 2.45) is 11.3 Å². The fourth-order valence-electron chi connectivity index (χ4n) is 1.39. The van der Waals surface area contributed by atoms with Gasteiger partial charge in [-0.1, -0.05) is 59.1 Å². The first-order valence-corrected chi connectivity index (χ1v) is 8.07. The highest BCUT2D eigenvalue weighted by Crippen LogP contribution is 2.35. The van der Waals surface area contributed by atoms with Gasteiger partial charge in [0.25, 0.3) is 0 Å². The third-order valence-electron chi connectivity index (χ3n) is 3.14. The summed E-state index contributed by atoms with van der Waals surface area (Å²) in [6, 6.07) is 0. The summed E-state index contributed by atoms with van der Waals surface area (Å²) >= 11 is 7.26. The molecule has 0 spiro atoms. The summed E-state index contributed by atoms with van der Waals surface area (Å²) in [5, 5.41) is 2.08. The smallest absolute Gasteiger partial charge is 0.0472 e. The van der Waals surface area contributed by atoms with Crippen molar-refractivity contribution in [2.75, 3.05) is 23.9 Å². The molecule has 1 nitrogen and oxygen atoms in total. The number of halogens is 2. The maximum Gasteiger partial charge on any atom is 0.0472 e. The van der Waals surface area contributed by atoms with Crippen molar-refractivity contribution in [3.63, 3.8) is 0 Å². The van der Waals surface area contributed by atoms with Gasteiger partial charge in [-0.2, -0.15) is 0 Å². The van der Waals surface area contributed by atoms with Gasteiger partial charge in [0.1, 0.15) is 0 Å². The lowest BCUT2D eigenvalue weighted by molar-refractivity contribution is 0.0908. The van der Waals surface area contributed by atoms with E-state index in [2.05, 4.69) is 52.6 Å². The van der Waals surface area contributed by atoms with Crippen LogP contribution in [0.4, 0.5) is 0 Å². The van der Waals surface area contributed by atoms with Gasteiger partial charge < -0.3 is 4.74 Å². The van der Waals surface area contributed by atoms with Crippen LogP contribution < -0.4 is 0 Å². The van der Waals surface area contributed by atoms with Crippen LogP contribution in [-0.2, 0) is 4.74 Å². The summed E-state index contributed by atoms with van der Waals surface area (Å²) in [7, 11) is 0. The predicted molar refractivity (Wildman–Crippen MR) is 75.2 cm³/mol. The molecule has 0 fully saturated rings. The van der Waals surface area contributed by atoms with Crippen LogP contribution in [-0.4, -0.2) is 23.9 Å². The van der Waals surface area contributed by atoms with Crippen LogP contribution in [0.3, 0.4) is 0 Å². The molecule has 0 saturated heterocycles. The SMILES string of the molecule is CCCCOCCC(CBr)(CBr)C(C)C. The topological polar surface area (TPSA) is 9.23 Å². The van der Waals surface area contributed by atoms with Crippen LogP contribution in [0.5, 0.6) is 0 Å². The number of alkyl halides is 2. The number of rotatable bonds is 9. The van der Waals surface area contributed by atoms with E-state index in [0.717, 1.165) is 30.3 Å². The molecule has 0 amide bonds. The Labute approximate surface area is 112 Å². The van der Waals surface area contributed by atoms with Crippen molar-refractivity contribution in [1.82, 2.24) is 0 Å². The average Bonchev–Trinajstić information content (AvgIpc) is 2.23. The number of hydrogen-bond acceptors (Lipinski definition) is 1. The molecule has 0 atom stereocenters. The van der Waals surface area contributed by atoms with Crippen molar-refractivity contribution in [1.29, 1.82) is 0 Å². The van der Waals surface area contributed by atoms with E-state index in [1.54, 1.807) is 0 Å². The van der Waals surface area contributed by atoms with Crippen LogP contribution in [0.25, 0.3) is 0 Å². The minimum absolute atomic E-state index is 0.339. The summed E-state index contributed by atoms with van der Waals surface area (Å²) in [6.45, 7) is 8.56. The number of unbranched alkanes of at least 4 members (excludes halogenated alkanes) is 1. The lowest BCUT2D eigenvalue weighted by Gasteiger charge is -2.34. The van der Waals surface area contributed by atoms with Crippen molar-refractivity contribution in [3.8, 4) is 0 Å². The molecule has 0 bridgehead atoms. The van der Waals surface area contributed by atoms with Gasteiger partial charge in [-0.3, -0.25) is 0 Å². The summed E-state index contributed by atoms with van der Waals surface area (Å²) < 4.78 is 5.64. The number of ether oxygens (including phenoxy) is 1. The van der Waals surface area contributed by atoms with Gasteiger partial charge >= 0.3 is 0 Å². The first kappa shape index (κ1) is 15.9. The summed E-state index contributed by atoms with van der Waals surface area (Å²) in [6.07, 6.45) is 3.52. The second-order valence-electron chi connectivity index (χ2n) is 4.50. The molecule has 0 saturated carbocycles. The van der Waals surface area contributed by atoms with Gasteiger partial charge in [0.15, 0.2) is 0 Å². The molecule has 0 radical (unpaired) electrons. The molecule has 0 aliphatic carbocycles. The van der Waals surface area contributed by atoms with Gasteiger partial charge in [-0.25, -0.2) is 0 Å². The monoisotopic (exact) mass is 342 g/mol. The molecular formula is C12H24Br2O. The summed E-state index contributed by atoms with van der Waals surface area (Å²) in [5.74, 6) is 0.672. The van der Waals surface area contributed by atoms with E-state index in [-0.39, 0.29) is 0 Å². The van der Waals surface area contributed by atoms with Gasteiger partial charge in [0.05, 0.1) is 0 Å². The maximum absolute atomic E-state index is 5.64. The van der Waals surface area contributed by atoms with Gasteiger partial charge in [0, 0.05) is 23.9 Å². The van der Waals surface area contributed by atoms with Crippen molar-refractivity contribution >= 4 is 31.9 Å². The van der Waals surface area contributed by atoms with Crippen LogP contribution in [0.1, 0.15) is 40.0 Å². The van der Waals surface area contributed by atoms with Crippen molar-refractivity contribution in [2.45, 2.75) is 40.0 Å².